The molecule has 2 rings (SSSR count). The van der Waals surface area contributed by atoms with Crippen molar-refractivity contribution >= 4 is 15.9 Å². The number of phenols is 1. The lowest BCUT2D eigenvalue weighted by atomic mass is 10.1. The van der Waals surface area contributed by atoms with Crippen molar-refractivity contribution in [3.05, 3.63) is 23.3 Å². The monoisotopic (exact) mass is 256 g/mol. The fourth-order valence-electron chi connectivity index (χ4n) is 1.63. The second-order valence-corrected chi connectivity index (χ2v) is 5.92. The van der Waals surface area contributed by atoms with Gasteiger partial charge in [0, 0.05) is 6.04 Å². The van der Waals surface area contributed by atoms with Gasteiger partial charge in [-0.3, -0.25) is 4.72 Å². The summed E-state index contributed by atoms with van der Waals surface area (Å²) in [5.74, 6) is -0.0308. The van der Waals surface area contributed by atoms with Crippen LogP contribution in [0.25, 0.3) is 0 Å². The van der Waals surface area contributed by atoms with Crippen LogP contribution in [0, 0.1) is 13.8 Å². The number of aromatic hydroxyl groups is 1. The maximum absolute atomic E-state index is 11.7. The minimum atomic E-state index is -3.59. The number of nitrogens with one attached hydrogen (secondary N) is 2. The van der Waals surface area contributed by atoms with Crippen LogP contribution in [0.5, 0.6) is 5.75 Å². The molecule has 0 heterocycles. The average molecular weight is 256 g/mol. The van der Waals surface area contributed by atoms with E-state index in [0.717, 1.165) is 18.4 Å². The number of phenolic OH excluding ortho intramolecular Hbond substituents is 1. The summed E-state index contributed by atoms with van der Waals surface area (Å²) in [6.07, 6.45) is 1.75. The Morgan fingerprint density at radius 2 is 1.94 bits per heavy atom. The van der Waals surface area contributed by atoms with Crippen molar-refractivity contribution in [2.75, 3.05) is 4.72 Å². The Morgan fingerprint density at radius 1 is 1.29 bits per heavy atom. The third-order valence-corrected chi connectivity index (χ3v) is 3.72. The van der Waals surface area contributed by atoms with Gasteiger partial charge in [-0.2, -0.15) is 13.1 Å². The minimum absolute atomic E-state index is 0.0308. The first-order valence-electron chi connectivity index (χ1n) is 5.48. The highest BCUT2D eigenvalue weighted by molar-refractivity contribution is 7.90. The smallest absolute Gasteiger partial charge is 0.299 e. The lowest BCUT2D eigenvalue weighted by molar-refractivity contribution is 0.473. The van der Waals surface area contributed by atoms with Gasteiger partial charge < -0.3 is 5.11 Å². The molecule has 0 aromatic heterocycles. The van der Waals surface area contributed by atoms with Crippen molar-refractivity contribution in [3.63, 3.8) is 0 Å². The maximum atomic E-state index is 11.7. The second-order valence-electron chi connectivity index (χ2n) is 4.48. The second kappa shape index (κ2) is 4.19. The van der Waals surface area contributed by atoms with Crippen molar-refractivity contribution in [3.8, 4) is 5.75 Å². The molecule has 0 unspecified atom stereocenters. The number of hydrogen-bond donors (Lipinski definition) is 3. The third-order valence-electron chi connectivity index (χ3n) is 2.59. The van der Waals surface area contributed by atoms with Crippen molar-refractivity contribution < 1.29 is 13.5 Å². The normalized spacial score (nSPS) is 15.9. The third kappa shape index (κ3) is 3.10. The fraction of sp³-hybridized carbons (Fsp3) is 0.455. The molecule has 0 saturated heterocycles. The van der Waals surface area contributed by atoms with Crippen LogP contribution in [-0.2, 0) is 10.2 Å². The molecule has 1 aromatic carbocycles. The average Bonchev–Trinajstić information content (AvgIpc) is 2.95. The van der Waals surface area contributed by atoms with Crippen molar-refractivity contribution in [1.29, 1.82) is 0 Å². The van der Waals surface area contributed by atoms with Gasteiger partial charge in [-0.15, -0.1) is 0 Å². The van der Waals surface area contributed by atoms with Gasteiger partial charge in [0.25, 0.3) is 10.2 Å². The van der Waals surface area contributed by atoms with Gasteiger partial charge in [0.1, 0.15) is 5.75 Å². The van der Waals surface area contributed by atoms with E-state index >= 15 is 0 Å². The Balaban J connectivity index is 2.22. The van der Waals surface area contributed by atoms with Gasteiger partial charge in [-0.05, 0) is 43.9 Å². The fourth-order valence-corrected chi connectivity index (χ4v) is 2.81. The Labute approximate surface area is 101 Å². The van der Waals surface area contributed by atoms with Gasteiger partial charge in [-0.1, -0.05) is 6.07 Å². The Kier molecular flexibility index (Phi) is 3.01. The summed E-state index contributed by atoms with van der Waals surface area (Å²) < 4.78 is 28.2. The summed E-state index contributed by atoms with van der Waals surface area (Å²) in [6, 6.07) is 3.44. The van der Waals surface area contributed by atoms with E-state index < -0.39 is 10.2 Å². The molecule has 0 atom stereocenters. The molecule has 1 saturated carbocycles. The van der Waals surface area contributed by atoms with Gasteiger partial charge >= 0.3 is 0 Å². The van der Waals surface area contributed by atoms with E-state index in [1.807, 2.05) is 6.92 Å². The van der Waals surface area contributed by atoms with E-state index in [0.29, 0.717) is 5.56 Å². The number of anilines is 1. The number of rotatable bonds is 4. The topological polar surface area (TPSA) is 78.4 Å². The molecule has 5 nitrogen and oxygen atoms in total. The number of hydrogen-bond acceptors (Lipinski definition) is 3. The van der Waals surface area contributed by atoms with E-state index in [2.05, 4.69) is 9.44 Å². The summed E-state index contributed by atoms with van der Waals surface area (Å²) >= 11 is 0. The Bertz CT molecular complexity index is 536. The molecule has 94 valence electrons. The SMILES string of the molecule is Cc1cc(C)c(O)c(NS(=O)(=O)NC2CC2)c1. The van der Waals surface area contributed by atoms with Crippen LogP contribution >= 0.6 is 0 Å². The summed E-state index contributed by atoms with van der Waals surface area (Å²) in [5, 5.41) is 9.78. The molecular weight excluding hydrogens is 240 g/mol. The highest BCUT2D eigenvalue weighted by Crippen LogP contribution is 2.29. The highest BCUT2D eigenvalue weighted by atomic mass is 32.2. The quantitative estimate of drug-likeness (QED) is 0.713. The molecule has 1 aliphatic carbocycles. The van der Waals surface area contributed by atoms with Gasteiger partial charge in [0.2, 0.25) is 0 Å². The van der Waals surface area contributed by atoms with Crippen LogP contribution in [0.2, 0.25) is 0 Å². The first-order chi connectivity index (χ1) is 7.87. The standard InChI is InChI=1S/C11H16N2O3S/c1-7-5-8(2)11(14)10(6-7)13-17(15,16)12-9-3-4-9/h5-6,9,12-14H,3-4H2,1-2H3. The molecule has 17 heavy (non-hydrogen) atoms. The van der Waals surface area contributed by atoms with Gasteiger partial charge in [0.05, 0.1) is 5.69 Å². The molecule has 0 amide bonds. The van der Waals surface area contributed by atoms with Crippen LogP contribution in [0.15, 0.2) is 12.1 Å². The lowest BCUT2D eigenvalue weighted by Crippen LogP contribution is -2.31. The first-order valence-corrected chi connectivity index (χ1v) is 6.96. The minimum Gasteiger partial charge on any atom is -0.505 e. The van der Waals surface area contributed by atoms with E-state index in [1.54, 1.807) is 19.1 Å². The maximum Gasteiger partial charge on any atom is 0.299 e. The highest BCUT2D eigenvalue weighted by Gasteiger charge is 2.27. The summed E-state index contributed by atoms with van der Waals surface area (Å²) in [5.41, 5.74) is 1.76. The zero-order valence-corrected chi connectivity index (χ0v) is 10.6. The molecule has 1 aliphatic rings. The van der Waals surface area contributed by atoms with E-state index in [9.17, 15) is 13.5 Å². The van der Waals surface area contributed by atoms with Crippen LogP contribution in [-0.4, -0.2) is 19.6 Å². The van der Waals surface area contributed by atoms with Crippen LogP contribution in [0.1, 0.15) is 24.0 Å². The molecule has 1 fully saturated rings. The summed E-state index contributed by atoms with van der Waals surface area (Å²) in [4.78, 5) is 0. The first kappa shape index (κ1) is 12.2. The predicted molar refractivity (Wildman–Crippen MR) is 66.3 cm³/mol. The summed E-state index contributed by atoms with van der Waals surface area (Å²) in [6.45, 7) is 3.58. The number of aryl methyl sites for hydroxylation is 2. The van der Waals surface area contributed by atoms with Gasteiger partial charge in [-0.25, -0.2) is 0 Å². The summed E-state index contributed by atoms with van der Waals surface area (Å²) in [7, 11) is -3.59. The van der Waals surface area contributed by atoms with Crippen LogP contribution in [0.4, 0.5) is 5.69 Å². The molecule has 0 aliphatic heterocycles. The van der Waals surface area contributed by atoms with E-state index in [4.69, 9.17) is 0 Å². The lowest BCUT2D eigenvalue weighted by Gasteiger charge is -2.12. The molecule has 1 aromatic rings. The zero-order valence-electron chi connectivity index (χ0n) is 9.82. The zero-order chi connectivity index (χ0) is 12.6. The molecule has 3 N–H and O–H groups in total. The molecule has 6 heteroatoms. The molecule has 0 radical (unpaired) electrons. The molecule has 0 spiro atoms. The van der Waals surface area contributed by atoms with Crippen LogP contribution in [0.3, 0.4) is 0 Å². The van der Waals surface area contributed by atoms with E-state index in [1.165, 1.54) is 0 Å². The molecule has 0 bridgehead atoms. The van der Waals surface area contributed by atoms with Crippen molar-refractivity contribution in [2.45, 2.75) is 32.7 Å². The Morgan fingerprint density at radius 3 is 2.53 bits per heavy atom. The Hall–Kier alpha value is -1.27. The van der Waals surface area contributed by atoms with E-state index in [-0.39, 0.29) is 17.5 Å². The predicted octanol–water partition coefficient (Wildman–Crippen LogP) is 1.42. The van der Waals surface area contributed by atoms with Crippen molar-refractivity contribution in [1.82, 2.24) is 4.72 Å². The van der Waals surface area contributed by atoms with Crippen LogP contribution < -0.4 is 9.44 Å². The molecular formula is C11H16N2O3S. The van der Waals surface area contributed by atoms with Gasteiger partial charge in [0.15, 0.2) is 0 Å². The van der Waals surface area contributed by atoms with Crippen molar-refractivity contribution in [2.24, 2.45) is 0 Å². The number of benzene rings is 1. The largest absolute Gasteiger partial charge is 0.505 e.